The quantitative estimate of drug-likeness (QED) is 0.778. The molecule has 3 unspecified atom stereocenters. The first-order valence-corrected chi connectivity index (χ1v) is 7.34. The average molecular weight is 264 g/mol. The minimum Gasteiger partial charge on any atom is -0.352 e. The molecule has 1 aliphatic heterocycles. The van der Waals surface area contributed by atoms with Crippen LogP contribution in [-0.2, 0) is 4.79 Å². The third-order valence-corrected chi connectivity index (χ3v) is 4.31. The highest BCUT2D eigenvalue weighted by molar-refractivity contribution is 5.78. The Morgan fingerprint density at radius 2 is 2.26 bits per heavy atom. The Hall–Kier alpha value is -1.12. The van der Waals surface area contributed by atoms with E-state index in [-0.39, 0.29) is 11.9 Å². The van der Waals surface area contributed by atoms with Crippen LogP contribution < -0.4 is 10.6 Å². The van der Waals surface area contributed by atoms with Crippen LogP contribution in [-0.4, -0.2) is 49.1 Å². The largest absolute Gasteiger partial charge is 0.352 e. The molecule has 2 N–H and O–H groups in total. The highest BCUT2D eigenvalue weighted by Crippen LogP contribution is 2.23. The zero-order valence-corrected chi connectivity index (χ0v) is 11.7. The van der Waals surface area contributed by atoms with Crippen LogP contribution in [0.2, 0.25) is 0 Å². The Morgan fingerprint density at radius 3 is 3.00 bits per heavy atom. The third kappa shape index (κ3) is 3.92. The summed E-state index contributed by atoms with van der Waals surface area (Å²) in [5.74, 6) is 0.647. The Morgan fingerprint density at radius 1 is 1.47 bits per heavy atom. The molecular weight excluding hydrogens is 240 g/mol. The fraction of sp³-hybridized carbons (Fsp3) is 0.857. The van der Waals surface area contributed by atoms with Crippen molar-refractivity contribution < 1.29 is 4.79 Å². The molecule has 106 valence electrons. The summed E-state index contributed by atoms with van der Waals surface area (Å²) in [5, 5.41) is 15.4. The lowest BCUT2D eigenvalue weighted by molar-refractivity contribution is -0.124. The molecule has 1 aliphatic carbocycles. The van der Waals surface area contributed by atoms with Crippen LogP contribution in [0, 0.1) is 17.2 Å². The first-order valence-electron chi connectivity index (χ1n) is 7.34. The molecule has 2 fully saturated rings. The molecule has 1 heterocycles. The van der Waals surface area contributed by atoms with Gasteiger partial charge in [-0.1, -0.05) is 19.8 Å². The van der Waals surface area contributed by atoms with Crippen LogP contribution in [0.25, 0.3) is 0 Å². The van der Waals surface area contributed by atoms with E-state index in [2.05, 4.69) is 23.6 Å². The number of hydrogen-bond donors (Lipinski definition) is 2. The van der Waals surface area contributed by atoms with Crippen LogP contribution in [0.15, 0.2) is 0 Å². The van der Waals surface area contributed by atoms with Gasteiger partial charge in [-0.25, -0.2) is 0 Å². The van der Waals surface area contributed by atoms with E-state index in [4.69, 9.17) is 5.26 Å². The van der Waals surface area contributed by atoms with E-state index >= 15 is 0 Å². The fourth-order valence-electron chi connectivity index (χ4n) is 3.03. The average Bonchev–Trinajstić information content (AvgIpc) is 2.42. The molecule has 1 amide bonds. The normalized spacial score (nSPS) is 32.5. The summed E-state index contributed by atoms with van der Waals surface area (Å²) < 4.78 is 0. The van der Waals surface area contributed by atoms with Crippen molar-refractivity contribution in [3.63, 3.8) is 0 Å². The van der Waals surface area contributed by atoms with Gasteiger partial charge in [-0.2, -0.15) is 5.26 Å². The number of nitriles is 1. The van der Waals surface area contributed by atoms with Crippen molar-refractivity contribution >= 4 is 5.91 Å². The minimum atomic E-state index is -0.178. The number of rotatable bonds is 3. The van der Waals surface area contributed by atoms with E-state index in [0.29, 0.717) is 25.0 Å². The number of nitrogens with one attached hydrogen (secondary N) is 2. The molecule has 3 atom stereocenters. The zero-order chi connectivity index (χ0) is 13.7. The maximum Gasteiger partial charge on any atom is 0.234 e. The number of carbonyl (C=O) groups excluding carboxylic acids is 1. The molecule has 1 saturated heterocycles. The van der Waals surface area contributed by atoms with Gasteiger partial charge < -0.3 is 10.6 Å². The standard InChI is InChI=1S/C14H24N4O/c1-11-4-2-3-5-13(11)17-14(19)10-18-7-6-16-9-12(18)8-15/h11-13,16H,2-7,9-10H2,1H3,(H,17,19). The van der Waals surface area contributed by atoms with E-state index in [1.54, 1.807) is 0 Å². The minimum absolute atomic E-state index is 0.0703. The van der Waals surface area contributed by atoms with Gasteiger partial charge in [0.2, 0.25) is 5.91 Å². The van der Waals surface area contributed by atoms with Gasteiger partial charge >= 0.3 is 0 Å². The van der Waals surface area contributed by atoms with Crippen molar-refractivity contribution in [2.75, 3.05) is 26.2 Å². The van der Waals surface area contributed by atoms with E-state index < -0.39 is 0 Å². The predicted octanol–water partition coefficient (Wildman–Crippen LogP) is 0.479. The second-order valence-corrected chi connectivity index (χ2v) is 5.76. The second kappa shape index (κ2) is 6.88. The molecule has 0 spiro atoms. The predicted molar refractivity (Wildman–Crippen MR) is 73.4 cm³/mol. The molecule has 19 heavy (non-hydrogen) atoms. The lowest BCUT2D eigenvalue weighted by Gasteiger charge is -2.33. The van der Waals surface area contributed by atoms with Crippen molar-refractivity contribution in [2.24, 2.45) is 5.92 Å². The molecule has 0 radical (unpaired) electrons. The summed E-state index contributed by atoms with van der Waals surface area (Å²) >= 11 is 0. The zero-order valence-electron chi connectivity index (χ0n) is 11.7. The van der Waals surface area contributed by atoms with Crippen molar-refractivity contribution in [1.82, 2.24) is 15.5 Å². The highest BCUT2D eigenvalue weighted by Gasteiger charge is 2.26. The van der Waals surface area contributed by atoms with Crippen LogP contribution in [0.5, 0.6) is 0 Å². The molecule has 2 rings (SSSR count). The molecule has 0 aromatic rings. The maximum absolute atomic E-state index is 12.1. The molecule has 1 saturated carbocycles. The van der Waals surface area contributed by atoms with Crippen LogP contribution in [0.4, 0.5) is 0 Å². The van der Waals surface area contributed by atoms with Crippen LogP contribution in [0.1, 0.15) is 32.6 Å². The van der Waals surface area contributed by atoms with Gasteiger partial charge in [0.05, 0.1) is 12.6 Å². The molecular formula is C14H24N4O. The fourth-order valence-corrected chi connectivity index (χ4v) is 3.03. The third-order valence-electron chi connectivity index (χ3n) is 4.31. The summed E-state index contributed by atoms with van der Waals surface area (Å²) in [4.78, 5) is 14.1. The Bertz CT molecular complexity index is 352. The lowest BCUT2D eigenvalue weighted by Crippen LogP contribution is -2.54. The van der Waals surface area contributed by atoms with Crippen molar-refractivity contribution in [3.05, 3.63) is 0 Å². The van der Waals surface area contributed by atoms with Crippen molar-refractivity contribution in [3.8, 4) is 6.07 Å². The summed E-state index contributed by atoms with van der Waals surface area (Å²) in [5.41, 5.74) is 0. The van der Waals surface area contributed by atoms with Crippen LogP contribution in [0.3, 0.4) is 0 Å². The van der Waals surface area contributed by atoms with E-state index in [1.807, 2.05) is 4.90 Å². The van der Waals surface area contributed by atoms with Gasteiger partial charge in [0.15, 0.2) is 0 Å². The van der Waals surface area contributed by atoms with Crippen molar-refractivity contribution in [2.45, 2.75) is 44.7 Å². The number of carbonyl (C=O) groups is 1. The molecule has 0 aromatic carbocycles. The number of nitrogens with zero attached hydrogens (tertiary/aromatic N) is 2. The van der Waals surface area contributed by atoms with E-state index in [1.165, 1.54) is 19.3 Å². The Balaban J connectivity index is 1.81. The molecule has 0 bridgehead atoms. The monoisotopic (exact) mass is 264 g/mol. The molecule has 5 heteroatoms. The van der Waals surface area contributed by atoms with Gasteiger partial charge in [0.25, 0.3) is 0 Å². The summed E-state index contributed by atoms with van der Waals surface area (Å²) in [6, 6.07) is 2.40. The van der Waals surface area contributed by atoms with Crippen molar-refractivity contribution in [1.29, 1.82) is 5.26 Å². The number of piperazine rings is 1. The van der Waals surface area contributed by atoms with Gasteiger partial charge in [-0.15, -0.1) is 0 Å². The van der Waals surface area contributed by atoms with E-state index in [0.717, 1.165) is 19.5 Å². The summed E-state index contributed by atoms with van der Waals surface area (Å²) in [6.07, 6.45) is 4.79. The first kappa shape index (κ1) is 14.3. The van der Waals surface area contributed by atoms with Gasteiger partial charge in [-0.05, 0) is 18.8 Å². The van der Waals surface area contributed by atoms with Crippen LogP contribution >= 0.6 is 0 Å². The number of amides is 1. The highest BCUT2D eigenvalue weighted by atomic mass is 16.2. The molecule has 0 aromatic heterocycles. The Labute approximate surface area is 115 Å². The van der Waals surface area contributed by atoms with Gasteiger partial charge in [-0.3, -0.25) is 9.69 Å². The topological polar surface area (TPSA) is 68.2 Å². The summed E-state index contributed by atoms with van der Waals surface area (Å²) in [6.45, 7) is 4.84. The van der Waals surface area contributed by atoms with Gasteiger partial charge in [0, 0.05) is 25.7 Å². The SMILES string of the molecule is CC1CCCCC1NC(=O)CN1CCNCC1C#N. The molecule has 5 nitrogen and oxygen atoms in total. The van der Waals surface area contributed by atoms with E-state index in [9.17, 15) is 4.79 Å². The number of hydrogen-bond acceptors (Lipinski definition) is 4. The lowest BCUT2D eigenvalue weighted by atomic mass is 9.86. The molecule has 2 aliphatic rings. The first-order chi connectivity index (χ1) is 9.20. The smallest absolute Gasteiger partial charge is 0.234 e. The maximum atomic E-state index is 12.1. The Kier molecular flexibility index (Phi) is 5.17. The second-order valence-electron chi connectivity index (χ2n) is 5.76. The van der Waals surface area contributed by atoms with Gasteiger partial charge in [0.1, 0.15) is 6.04 Å². The summed E-state index contributed by atoms with van der Waals surface area (Å²) in [7, 11) is 0.